The minimum atomic E-state index is -2.07. The van der Waals surface area contributed by atoms with E-state index in [-0.39, 0.29) is 33.1 Å². The minimum absolute atomic E-state index is 0.0757. The van der Waals surface area contributed by atoms with Crippen molar-refractivity contribution in [3.63, 3.8) is 0 Å². The van der Waals surface area contributed by atoms with E-state index >= 15 is 0 Å². The molecule has 0 radical (unpaired) electrons. The Morgan fingerprint density at radius 3 is 1.78 bits per heavy atom. The van der Waals surface area contributed by atoms with E-state index < -0.39 is 37.8 Å². The quantitative estimate of drug-likeness (QED) is 0.368. The van der Waals surface area contributed by atoms with Crippen LogP contribution in [0.5, 0.6) is 23.0 Å². The molecule has 2 aliphatic carbocycles. The van der Waals surface area contributed by atoms with Crippen molar-refractivity contribution in [2.75, 3.05) is 0 Å². The molecule has 2 aromatic carbocycles. The number of benzene rings is 2. The molecule has 3 aliphatic rings. The second-order valence-corrected chi connectivity index (χ2v) is 11.3. The lowest BCUT2D eigenvalue weighted by atomic mass is 9.68. The molecule has 1 saturated carbocycles. The lowest BCUT2D eigenvalue weighted by Crippen LogP contribution is -2.45. The van der Waals surface area contributed by atoms with Gasteiger partial charge >= 0.3 is 5.97 Å². The summed E-state index contributed by atoms with van der Waals surface area (Å²) in [5, 5.41) is 29.9. The second-order valence-electron chi connectivity index (χ2n) is 7.99. The summed E-state index contributed by atoms with van der Waals surface area (Å²) >= 11 is 40.1. The minimum Gasteiger partial charge on any atom is -0.508 e. The van der Waals surface area contributed by atoms with Crippen molar-refractivity contribution in [3.05, 3.63) is 57.6 Å². The van der Waals surface area contributed by atoms with Crippen LogP contribution in [0.15, 0.2) is 46.5 Å². The lowest BCUT2D eigenvalue weighted by Gasteiger charge is -2.42. The summed E-state index contributed by atoms with van der Waals surface area (Å²) in [7, 11) is 0. The molecule has 0 unspecified atom stereocenters. The third kappa shape index (κ3) is 2.47. The monoisotopic (exact) mass is 554 g/mol. The zero-order valence-electron chi connectivity index (χ0n) is 15.6. The number of phenols is 2. The molecule has 1 aliphatic heterocycles. The van der Waals surface area contributed by atoms with Crippen molar-refractivity contribution < 1.29 is 24.9 Å². The van der Waals surface area contributed by atoms with E-state index in [0.29, 0.717) is 11.1 Å². The molecule has 0 aromatic heterocycles. The molecule has 0 amide bonds. The summed E-state index contributed by atoms with van der Waals surface area (Å²) < 4.78 is 3.81. The van der Waals surface area contributed by atoms with Crippen LogP contribution in [0.2, 0.25) is 0 Å². The van der Waals surface area contributed by atoms with Gasteiger partial charge in [0.25, 0.3) is 0 Å². The first-order valence-electron chi connectivity index (χ1n) is 9.25. The smallest absolute Gasteiger partial charge is 0.309 e. The number of aliphatic carboxylic acids is 1. The number of allylic oxidation sites excluding steroid dienone is 2. The van der Waals surface area contributed by atoms with Gasteiger partial charge in [-0.1, -0.05) is 58.5 Å². The van der Waals surface area contributed by atoms with Gasteiger partial charge in [-0.3, -0.25) is 4.79 Å². The van der Waals surface area contributed by atoms with Gasteiger partial charge in [-0.05, 0) is 12.1 Å². The fourth-order valence-corrected chi connectivity index (χ4v) is 8.18. The van der Waals surface area contributed by atoms with Crippen LogP contribution in [0.1, 0.15) is 17.0 Å². The number of carbonyl (C=O) groups is 1. The molecule has 11 heteroatoms. The summed E-state index contributed by atoms with van der Waals surface area (Å²) in [5.74, 6) is -4.30. The number of halogens is 6. The molecule has 3 N–H and O–H groups in total. The van der Waals surface area contributed by atoms with Crippen molar-refractivity contribution in [1.82, 2.24) is 0 Å². The van der Waals surface area contributed by atoms with Crippen LogP contribution in [0, 0.1) is 11.8 Å². The predicted octanol–water partition coefficient (Wildman–Crippen LogP) is 6.50. The van der Waals surface area contributed by atoms with Gasteiger partial charge in [-0.25, -0.2) is 0 Å². The van der Waals surface area contributed by atoms with Crippen LogP contribution in [-0.2, 0) is 4.79 Å². The van der Waals surface area contributed by atoms with E-state index in [9.17, 15) is 20.1 Å². The average Bonchev–Trinajstić information content (AvgIpc) is 2.92. The van der Waals surface area contributed by atoms with Gasteiger partial charge in [0.2, 0.25) is 0 Å². The van der Waals surface area contributed by atoms with Crippen molar-refractivity contribution in [2.24, 2.45) is 11.8 Å². The fraction of sp³-hybridized carbons (Fsp3) is 0.286. The molecule has 1 heterocycles. The largest absolute Gasteiger partial charge is 0.508 e. The van der Waals surface area contributed by atoms with Gasteiger partial charge < -0.3 is 20.1 Å². The first-order chi connectivity index (χ1) is 14.9. The van der Waals surface area contributed by atoms with Crippen LogP contribution in [0.25, 0.3) is 0 Å². The van der Waals surface area contributed by atoms with Gasteiger partial charge in [0.15, 0.2) is 4.33 Å². The molecule has 5 nitrogen and oxygen atoms in total. The maximum absolute atomic E-state index is 12.6. The highest BCUT2D eigenvalue weighted by molar-refractivity contribution is 6.66. The lowest BCUT2D eigenvalue weighted by molar-refractivity contribution is -0.144. The Bertz CT molecular complexity index is 1180. The average molecular weight is 557 g/mol. The van der Waals surface area contributed by atoms with Gasteiger partial charge in [0, 0.05) is 35.1 Å². The number of carboxylic acids is 1. The van der Waals surface area contributed by atoms with Gasteiger partial charge in [0.1, 0.15) is 32.7 Å². The van der Waals surface area contributed by atoms with Gasteiger partial charge in [-0.2, -0.15) is 0 Å². The van der Waals surface area contributed by atoms with E-state index in [0.717, 1.165) is 0 Å². The Balaban J connectivity index is 1.85. The Kier molecular flexibility index (Phi) is 4.87. The number of carboxylic acid groups (broad SMARTS) is 1. The maximum atomic E-state index is 12.6. The van der Waals surface area contributed by atoms with Crippen molar-refractivity contribution in [1.29, 1.82) is 0 Å². The number of hydrogen-bond donors (Lipinski definition) is 3. The highest BCUT2D eigenvalue weighted by atomic mass is 35.5. The number of alkyl halides is 4. The Hall–Kier alpha value is -1.21. The van der Waals surface area contributed by atoms with Crippen LogP contribution in [0.3, 0.4) is 0 Å². The van der Waals surface area contributed by atoms with E-state index in [1.54, 1.807) is 12.1 Å². The summed E-state index contributed by atoms with van der Waals surface area (Å²) in [6, 6.07) is 8.77. The van der Waals surface area contributed by atoms with Crippen molar-refractivity contribution in [3.8, 4) is 23.0 Å². The molecule has 168 valence electrons. The Morgan fingerprint density at radius 1 is 0.844 bits per heavy atom. The Morgan fingerprint density at radius 2 is 1.31 bits per heavy atom. The van der Waals surface area contributed by atoms with Crippen LogP contribution >= 0.6 is 69.6 Å². The molecular weight excluding hydrogens is 545 g/mol. The maximum Gasteiger partial charge on any atom is 0.309 e. The SMILES string of the molecule is O=C(O)[C@@H]1[C@@H](C2c3ccc(O)cc3Oc3cc(O)ccc32)[C@@]2(Cl)C(Cl)=C(Cl)[C@@]1(Cl)C2(Cl)Cl. The molecule has 32 heavy (non-hydrogen) atoms. The molecule has 0 spiro atoms. The van der Waals surface area contributed by atoms with Gasteiger partial charge in [-0.15, -0.1) is 23.2 Å². The summed E-state index contributed by atoms with van der Waals surface area (Å²) in [4.78, 5) is 8.70. The molecular formula is C21H12Cl6O5. The number of phenolic OH excluding ortho intramolecular Hbond substituents is 2. The topological polar surface area (TPSA) is 87.0 Å². The third-order valence-corrected chi connectivity index (χ3v) is 10.8. The fourth-order valence-electron chi connectivity index (χ4n) is 5.18. The second kappa shape index (κ2) is 6.91. The summed E-state index contributed by atoms with van der Waals surface area (Å²) in [6.45, 7) is 0. The van der Waals surface area contributed by atoms with Crippen molar-refractivity contribution in [2.45, 2.75) is 20.0 Å². The number of ether oxygens (including phenoxy) is 1. The number of fused-ring (bicyclic) bond motifs is 4. The Labute approximate surface area is 212 Å². The normalized spacial score (nSPS) is 32.4. The zero-order valence-corrected chi connectivity index (χ0v) is 20.2. The van der Waals surface area contributed by atoms with Crippen LogP contribution in [0.4, 0.5) is 0 Å². The van der Waals surface area contributed by atoms with E-state index in [4.69, 9.17) is 74.3 Å². The summed E-state index contributed by atoms with van der Waals surface area (Å²) in [6.07, 6.45) is 0. The molecule has 2 aromatic rings. The number of rotatable bonds is 2. The number of hydrogen-bond acceptors (Lipinski definition) is 4. The third-order valence-electron chi connectivity index (χ3n) is 6.50. The highest BCUT2D eigenvalue weighted by Crippen LogP contribution is 2.79. The van der Waals surface area contributed by atoms with Gasteiger partial charge in [0.05, 0.1) is 16.0 Å². The standard InChI is InChI=1S/C21H12Cl6O5/c22-16-17(23)20(25)15(18(30)31)14(19(16,24)21(20,26)27)13-9-3-1-7(28)5-11(9)32-12-6-8(29)2-4-10(12)13/h1-6,13-15,28-29H,(H,30,31)/t14-,15+,19-,20-/m1/s1. The molecule has 2 bridgehead atoms. The first kappa shape index (κ1) is 22.6. The van der Waals surface area contributed by atoms with E-state index in [1.165, 1.54) is 24.3 Å². The zero-order chi connectivity index (χ0) is 23.4. The number of aromatic hydroxyl groups is 2. The first-order valence-corrected chi connectivity index (χ1v) is 11.5. The van der Waals surface area contributed by atoms with E-state index in [1.807, 2.05) is 0 Å². The highest BCUT2D eigenvalue weighted by Gasteiger charge is 2.85. The van der Waals surface area contributed by atoms with Crippen LogP contribution < -0.4 is 4.74 Å². The molecule has 4 atom stereocenters. The van der Waals surface area contributed by atoms with Crippen LogP contribution in [-0.4, -0.2) is 35.4 Å². The molecule has 5 rings (SSSR count). The molecule has 0 saturated heterocycles. The molecule has 1 fully saturated rings. The van der Waals surface area contributed by atoms with E-state index in [2.05, 4.69) is 0 Å². The predicted molar refractivity (Wildman–Crippen MR) is 123 cm³/mol. The van der Waals surface area contributed by atoms with Crippen molar-refractivity contribution >= 4 is 75.6 Å². The summed E-state index contributed by atoms with van der Waals surface area (Å²) in [5.41, 5.74) is 1.02.